The third-order valence-corrected chi connectivity index (χ3v) is 7.70. The summed E-state index contributed by atoms with van der Waals surface area (Å²) in [5.74, 6) is -2.53. The first-order chi connectivity index (χ1) is 17.7. The summed E-state index contributed by atoms with van der Waals surface area (Å²) in [6, 6.07) is 17.9. The predicted molar refractivity (Wildman–Crippen MR) is 139 cm³/mol. The number of hydrogen-bond donors (Lipinski definition) is 3. The molecule has 0 bridgehead atoms. The lowest BCUT2D eigenvalue weighted by atomic mass is 10.0. The third-order valence-electron chi connectivity index (χ3n) is 5.97. The highest BCUT2D eigenvalue weighted by Gasteiger charge is 2.24. The Bertz CT molecular complexity index is 1270. The van der Waals surface area contributed by atoms with Crippen LogP contribution in [0.3, 0.4) is 0 Å². The van der Waals surface area contributed by atoms with Crippen LogP contribution in [0.4, 0.5) is 8.78 Å². The van der Waals surface area contributed by atoms with Gasteiger partial charge in [-0.25, -0.2) is 17.2 Å². The Kier molecular flexibility index (Phi) is 10.3. The molecule has 9 heteroatoms. The van der Waals surface area contributed by atoms with Gasteiger partial charge in [-0.2, -0.15) is 0 Å². The highest BCUT2D eigenvalue weighted by Crippen LogP contribution is 2.14. The highest BCUT2D eigenvalue weighted by molar-refractivity contribution is 7.91. The Labute approximate surface area is 216 Å². The van der Waals surface area contributed by atoms with E-state index in [1.807, 2.05) is 18.2 Å². The number of nitrogens with one attached hydrogen (secondary N) is 2. The van der Waals surface area contributed by atoms with Gasteiger partial charge in [0.1, 0.15) is 11.6 Å². The first-order valence-corrected chi connectivity index (χ1v) is 13.8. The van der Waals surface area contributed by atoms with Gasteiger partial charge < -0.3 is 15.7 Å². The number of rotatable bonds is 13. The van der Waals surface area contributed by atoms with Crippen LogP contribution in [0, 0.1) is 11.6 Å². The minimum absolute atomic E-state index is 0.0416. The van der Waals surface area contributed by atoms with Gasteiger partial charge in [0.05, 0.1) is 22.8 Å². The van der Waals surface area contributed by atoms with E-state index in [-0.39, 0.29) is 29.8 Å². The summed E-state index contributed by atoms with van der Waals surface area (Å²) in [5.41, 5.74) is 2.48. The number of benzene rings is 3. The summed E-state index contributed by atoms with van der Waals surface area (Å²) in [4.78, 5) is 12.8. The number of aliphatic hydroxyl groups is 1. The molecule has 0 saturated heterocycles. The fourth-order valence-corrected chi connectivity index (χ4v) is 5.25. The molecule has 0 fully saturated rings. The zero-order chi connectivity index (χ0) is 26.8. The number of hydrogen-bond acceptors (Lipinski definition) is 5. The van der Waals surface area contributed by atoms with E-state index in [1.165, 1.54) is 17.7 Å². The summed E-state index contributed by atoms with van der Waals surface area (Å²) in [7, 11) is -3.67. The predicted octanol–water partition coefficient (Wildman–Crippen LogP) is 3.57. The van der Waals surface area contributed by atoms with Crippen LogP contribution in [-0.2, 0) is 34.0 Å². The molecule has 3 aromatic rings. The van der Waals surface area contributed by atoms with Crippen molar-refractivity contribution in [2.75, 3.05) is 12.3 Å². The van der Waals surface area contributed by atoms with Crippen molar-refractivity contribution in [3.63, 3.8) is 0 Å². The smallest absolute Gasteiger partial charge is 0.221 e. The number of aryl methyl sites for hydroxylation is 1. The maximum absolute atomic E-state index is 13.7. The fourth-order valence-electron chi connectivity index (χ4n) is 3.98. The van der Waals surface area contributed by atoms with Crippen LogP contribution in [0.15, 0.2) is 77.7 Å². The first kappa shape index (κ1) is 28.4. The Morgan fingerprint density at radius 1 is 0.919 bits per heavy atom. The van der Waals surface area contributed by atoms with Gasteiger partial charge in [0, 0.05) is 25.6 Å². The molecule has 0 spiro atoms. The molecule has 0 aliphatic carbocycles. The zero-order valence-electron chi connectivity index (χ0n) is 20.7. The number of halogens is 2. The minimum atomic E-state index is -3.67. The van der Waals surface area contributed by atoms with Crippen molar-refractivity contribution >= 4 is 15.7 Å². The van der Waals surface area contributed by atoms with Gasteiger partial charge in [0.2, 0.25) is 5.91 Å². The molecule has 0 aliphatic rings. The Balaban J connectivity index is 1.65. The molecule has 198 valence electrons. The molecule has 3 N–H and O–H groups in total. The van der Waals surface area contributed by atoms with Gasteiger partial charge in [-0.3, -0.25) is 4.79 Å². The van der Waals surface area contributed by atoms with Gasteiger partial charge in [-0.1, -0.05) is 49.4 Å². The average Bonchev–Trinajstić information content (AvgIpc) is 2.87. The summed E-state index contributed by atoms with van der Waals surface area (Å²) in [5, 5.41) is 16.7. The van der Waals surface area contributed by atoms with E-state index in [9.17, 15) is 27.1 Å². The van der Waals surface area contributed by atoms with E-state index < -0.39 is 45.3 Å². The number of aliphatic hydroxyl groups excluding tert-OH is 1. The molecule has 0 saturated carbocycles. The zero-order valence-corrected chi connectivity index (χ0v) is 21.5. The quantitative estimate of drug-likeness (QED) is 0.314. The average molecular weight is 531 g/mol. The lowest BCUT2D eigenvalue weighted by molar-refractivity contribution is -0.122. The van der Waals surface area contributed by atoms with Crippen molar-refractivity contribution in [3.8, 4) is 0 Å². The van der Waals surface area contributed by atoms with Crippen molar-refractivity contribution in [2.24, 2.45) is 0 Å². The summed E-state index contributed by atoms with van der Waals surface area (Å²) < 4.78 is 52.5. The van der Waals surface area contributed by atoms with E-state index in [0.29, 0.717) is 6.54 Å². The molecule has 37 heavy (non-hydrogen) atoms. The molecule has 6 nitrogen and oxygen atoms in total. The third kappa shape index (κ3) is 9.03. The van der Waals surface area contributed by atoms with E-state index in [0.717, 1.165) is 30.2 Å². The van der Waals surface area contributed by atoms with Gasteiger partial charge in [-0.05, 0) is 53.8 Å². The van der Waals surface area contributed by atoms with Gasteiger partial charge in [-0.15, -0.1) is 0 Å². The molecule has 2 unspecified atom stereocenters. The molecule has 2 atom stereocenters. The van der Waals surface area contributed by atoms with E-state index in [2.05, 4.69) is 23.6 Å². The van der Waals surface area contributed by atoms with Crippen LogP contribution in [0.25, 0.3) is 0 Å². The normalized spacial score (nSPS) is 13.2. The van der Waals surface area contributed by atoms with E-state index in [1.54, 1.807) is 18.2 Å². The largest absolute Gasteiger partial charge is 0.390 e. The van der Waals surface area contributed by atoms with Gasteiger partial charge in [0.15, 0.2) is 9.84 Å². The molecule has 3 aromatic carbocycles. The summed E-state index contributed by atoms with van der Waals surface area (Å²) in [6.45, 7) is 2.64. The van der Waals surface area contributed by atoms with Crippen molar-refractivity contribution in [3.05, 3.63) is 101 Å². The first-order valence-electron chi connectivity index (χ1n) is 12.1. The molecular weight excluding hydrogens is 498 g/mol. The lowest BCUT2D eigenvalue weighted by Gasteiger charge is -2.25. The number of sulfone groups is 1. The summed E-state index contributed by atoms with van der Waals surface area (Å²) in [6.07, 6.45) is -0.570. The molecular formula is C28H32F2N2O4S. The topological polar surface area (TPSA) is 95.5 Å². The van der Waals surface area contributed by atoms with Crippen LogP contribution in [0.2, 0.25) is 0 Å². The van der Waals surface area contributed by atoms with E-state index in [4.69, 9.17) is 0 Å². The maximum Gasteiger partial charge on any atom is 0.221 e. The van der Waals surface area contributed by atoms with Crippen LogP contribution in [0.5, 0.6) is 0 Å². The van der Waals surface area contributed by atoms with E-state index >= 15 is 0 Å². The SMILES string of the molecule is CCc1cccc(CNCC(O)C(Cc2cc(F)cc(F)c2)NC(=O)CCS(=O)(=O)c2ccccc2)c1. The van der Waals surface area contributed by atoms with Crippen LogP contribution >= 0.6 is 0 Å². The van der Waals surface area contributed by atoms with Crippen molar-refractivity contribution in [1.82, 2.24) is 10.6 Å². The molecule has 3 rings (SSSR count). The number of carbonyl (C=O) groups excluding carboxylic acids is 1. The van der Waals surface area contributed by atoms with Crippen molar-refractivity contribution in [2.45, 2.75) is 49.8 Å². The Hall–Kier alpha value is -3.14. The van der Waals surface area contributed by atoms with Crippen LogP contribution in [-0.4, -0.2) is 43.9 Å². The Morgan fingerprint density at radius 2 is 1.59 bits per heavy atom. The number of carbonyl (C=O) groups is 1. The van der Waals surface area contributed by atoms with Gasteiger partial charge in [0.25, 0.3) is 0 Å². The molecule has 1 amide bonds. The van der Waals surface area contributed by atoms with Crippen molar-refractivity contribution < 1.29 is 27.1 Å². The van der Waals surface area contributed by atoms with Crippen LogP contribution in [0.1, 0.15) is 30.0 Å². The second kappa shape index (κ2) is 13.4. The molecule has 0 heterocycles. The maximum atomic E-state index is 13.7. The molecule has 0 radical (unpaired) electrons. The second-order valence-electron chi connectivity index (χ2n) is 8.91. The monoisotopic (exact) mass is 530 g/mol. The molecule has 0 aromatic heterocycles. The lowest BCUT2D eigenvalue weighted by Crippen LogP contribution is -2.49. The summed E-state index contributed by atoms with van der Waals surface area (Å²) >= 11 is 0. The minimum Gasteiger partial charge on any atom is -0.390 e. The second-order valence-corrected chi connectivity index (χ2v) is 11.0. The highest BCUT2D eigenvalue weighted by atomic mass is 32.2. The fraction of sp³-hybridized carbons (Fsp3) is 0.321. The van der Waals surface area contributed by atoms with Crippen LogP contribution < -0.4 is 10.6 Å². The van der Waals surface area contributed by atoms with Gasteiger partial charge >= 0.3 is 0 Å². The Morgan fingerprint density at radius 3 is 2.27 bits per heavy atom. The number of amides is 1. The standard InChI is InChI=1S/C28H32F2N2O4S/c1-2-20-7-6-8-21(13-20)18-31-19-27(33)26(16-22-14-23(29)17-24(30)15-22)32-28(34)11-12-37(35,36)25-9-4-3-5-10-25/h3-10,13-15,17,26-27,31,33H,2,11-12,16,18-19H2,1H3,(H,32,34). The van der Waals surface area contributed by atoms with Crippen molar-refractivity contribution in [1.29, 1.82) is 0 Å². The molecule has 0 aliphatic heterocycles.